The molecule has 4 nitrogen and oxygen atoms in total. The lowest BCUT2D eigenvalue weighted by molar-refractivity contribution is 0.311. The Kier molecular flexibility index (Phi) is 3.21. The molecule has 0 saturated carbocycles. The van der Waals surface area contributed by atoms with Gasteiger partial charge in [0.25, 0.3) is 0 Å². The molecule has 2 N–H and O–H groups in total. The molecule has 1 aliphatic carbocycles. The number of nitrogens with zero attached hydrogens (tertiary/aromatic N) is 3. The first kappa shape index (κ1) is 12.9. The monoisotopic (exact) mass is 260 g/mol. The van der Waals surface area contributed by atoms with Crippen LogP contribution in [0.4, 0.5) is 5.95 Å². The summed E-state index contributed by atoms with van der Waals surface area (Å²) >= 11 is 0. The minimum Gasteiger partial charge on any atom is -0.337 e. The summed E-state index contributed by atoms with van der Waals surface area (Å²) in [7, 11) is 0. The fourth-order valence-corrected chi connectivity index (χ4v) is 3.34. The zero-order chi connectivity index (χ0) is 13.5. The van der Waals surface area contributed by atoms with Crippen LogP contribution < -0.4 is 10.6 Å². The third-order valence-corrected chi connectivity index (χ3v) is 4.56. The van der Waals surface area contributed by atoms with E-state index in [2.05, 4.69) is 23.7 Å². The number of nitrogens with two attached hydrogens (primary N) is 1. The zero-order valence-electron chi connectivity index (χ0n) is 12.0. The molecular weight excluding hydrogens is 236 g/mol. The molecule has 1 aromatic rings. The van der Waals surface area contributed by atoms with Crippen molar-refractivity contribution in [3.8, 4) is 0 Å². The number of anilines is 1. The number of aromatic nitrogens is 2. The first-order valence-corrected chi connectivity index (χ1v) is 7.40. The highest BCUT2D eigenvalue weighted by Gasteiger charge is 2.29. The van der Waals surface area contributed by atoms with Gasteiger partial charge in [0, 0.05) is 31.0 Å². The summed E-state index contributed by atoms with van der Waals surface area (Å²) in [6.45, 7) is 6.41. The molecule has 2 heterocycles. The predicted octanol–water partition coefficient (Wildman–Crippen LogP) is 1.92. The maximum absolute atomic E-state index is 5.84. The van der Waals surface area contributed by atoms with Crippen LogP contribution >= 0.6 is 0 Å². The van der Waals surface area contributed by atoms with Crippen molar-refractivity contribution in [1.29, 1.82) is 0 Å². The van der Waals surface area contributed by atoms with Gasteiger partial charge in [0.1, 0.15) is 0 Å². The number of fused-ring (bicyclic) bond motifs is 1. The summed E-state index contributed by atoms with van der Waals surface area (Å²) < 4.78 is 0. The van der Waals surface area contributed by atoms with Crippen molar-refractivity contribution in [3.05, 3.63) is 17.5 Å². The van der Waals surface area contributed by atoms with Crippen molar-refractivity contribution in [2.45, 2.75) is 52.0 Å². The number of aryl methyl sites for hydroxylation is 1. The van der Waals surface area contributed by atoms with Crippen LogP contribution in [0.2, 0.25) is 0 Å². The van der Waals surface area contributed by atoms with Gasteiger partial charge in [0.2, 0.25) is 5.95 Å². The Morgan fingerprint density at radius 1 is 1.47 bits per heavy atom. The second kappa shape index (κ2) is 4.75. The Bertz CT molecular complexity index is 469. The Morgan fingerprint density at radius 3 is 3.11 bits per heavy atom. The van der Waals surface area contributed by atoms with E-state index in [0.717, 1.165) is 25.3 Å². The fourth-order valence-electron chi connectivity index (χ4n) is 3.34. The minimum atomic E-state index is 0.394. The van der Waals surface area contributed by atoms with Gasteiger partial charge >= 0.3 is 0 Å². The Morgan fingerprint density at radius 2 is 2.32 bits per heavy atom. The topological polar surface area (TPSA) is 55.0 Å². The molecule has 0 spiro atoms. The molecule has 3 rings (SSSR count). The van der Waals surface area contributed by atoms with Crippen LogP contribution in [-0.4, -0.2) is 29.1 Å². The standard InChI is InChI=1S/C15H24N4/c1-15(2)6-5-13-11(8-15)10-17-14(18-13)19-7-3-4-12(19)9-16/h10,12H,3-9,16H2,1-2H3. The van der Waals surface area contributed by atoms with E-state index in [9.17, 15) is 0 Å². The lowest BCUT2D eigenvalue weighted by atomic mass is 9.76. The molecule has 1 aliphatic heterocycles. The van der Waals surface area contributed by atoms with Crippen LogP contribution in [0.5, 0.6) is 0 Å². The molecular formula is C15H24N4. The van der Waals surface area contributed by atoms with Crippen LogP contribution in [0.3, 0.4) is 0 Å². The highest BCUT2D eigenvalue weighted by Crippen LogP contribution is 2.34. The summed E-state index contributed by atoms with van der Waals surface area (Å²) in [4.78, 5) is 11.7. The van der Waals surface area contributed by atoms with E-state index in [0.29, 0.717) is 18.0 Å². The molecule has 1 aromatic heterocycles. The normalized spacial score (nSPS) is 25.4. The lowest BCUT2D eigenvalue weighted by Gasteiger charge is -2.31. The molecule has 104 valence electrons. The summed E-state index contributed by atoms with van der Waals surface area (Å²) in [6, 6.07) is 0.429. The molecule has 0 amide bonds. The van der Waals surface area contributed by atoms with Crippen LogP contribution in [0.15, 0.2) is 6.20 Å². The van der Waals surface area contributed by atoms with Gasteiger partial charge in [-0.3, -0.25) is 0 Å². The van der Waals surface area contributed by atoms with Gasteiger partial charge in [0.05, 0.1) is 0 Å². The van der Waals surface area contributed by atoms with Gasteiger partial charge in [-0.1, -0.05) is 13.8 Å². The maximum Gasteiger partial charge on any atom is 0.225 e. The molecule has 0 bridgehead atoms. The highest BCUT2D eigenvalue weighted by atomic mass is 15.3. The number of hydrogen-bond acceptors (Lipinski definition) is 4. The number of rotatable bonds is 2. The van der Waals surface area contributed by atoms with Crippen molar-refractivity contribution in [2.24, 2.45) is 11.1 Å². The number of hydrogen-bond donors (Lipinski definition) is 1. The zero-order valence-corrected chi connectivity index (χ0v) is 12.0. The second-order valence-corrected chi connectivity index (χ2v) is 6.71. The average molecular weight is 260 g/mol. The molecule has 4 heteroatoms. The summed E-state index contributed by atoms with van der Waals surface area (Å²) in [5.74, 6) is 0.895. The van der Waals surface area contributed by atoms with E-state index in [-0.39, 0.29) is 0 Å². The average Bonchev–Trinajstić information content (AvgIpc) is 2.85. The van der Waals surface area contributed by atoms with Gasteiger partial charge in [-0.2, -0.15) is 0 Å². The van der Waals surface area contributed by atoms with Crippen LogP contribution in [0.1, 0.15) is 44.4 Å². The smallest absolute Gasteiger partial charge is 0.225 e. The molecule has 1 fully saturated rings. The van der Waals surface area contributed by atoms with Crippen LogP contribution in [-0.2, 0) is 12.8 Å². The van der Waals surface area contributed by atoms with Gasteiger partial charge in [0.15, 0.2) is 0 Å². The largest absolute Gasteiger partial charge is 0.337 e. The van der Waals surface area contributed by atoms with Crippen molar-refractivity contribution in [1.82, 2.24) is 9.97 Å². The first-order chi connectivity index (χ1) is 9.09. The van der Waals surface area contributed by atoms with E-state index in [4.69, 9.17) is 10.7 Å². The van der Waals surface area contributed by atoms with E-state index >= 15 is 0 Å². The first-order valence-electron chi connectivity index (χ1n) is 7.40. The molecule has 2 aliphatic rings. The van der Waals surface area contributed by atoms with Crippen LogP contribution in [0.25, 0.3) is 0 Å². The lowest BCUT2D eigenvalue weighted by Crippen LogP contribution is -2.37. The molecule has 1 saturated heterocycles. The van der Waals surface area contributed by atoms with Crippen molar-refractivity contribution < 1.29 is 0 Å². The van der Waals surface area contributed by atoms with Gasteiger partial charge in [-0.15, -0.1) is 0 Å². The Hall–Kier alpha value is -1.16. The van der Waals surface area contributed by atoms with E-state index in [1.165, 1.54) is 30.5 Å². The minimum absolute atomic E-state index is 0.394. The SMILES string of the molecule is CC1(C)CCc2nc(N3CCCC3CN)ncc2C1. The van der Waals surface area contributed by atoms with Crippen molar-refractivity contribution >= 4 is 5.95 Å². The summed E-state index contributed by atoms with van der Waals surface area (Å²) in [5.41, 5.74) is 8.82. The third-order valence-electron chi connectivity index (χ3n) is 4.56. The summed E-state index contributed by atoms with van der Waals surface area (Å²) in [5, 5.41) is 0. The van der Waals surface area contributed by atoms with E-state index in [1.54, 1.807) is 0 Å². The van der Waals surface area contributed by atoms with Crippen molar-refractivity contribution in [3.63, 3.8) is 0 Å². The second-order valence-electron chi connectivity index (χ2n) is 6.71. The van der Waals surface area contributed by atoms with Gasteiger partial charge < -0.3 is 10.6 Å². The third kappa shape index (κ3) is 2.46. The maximum atomic E-state index is 5.84. The van der Waals surface area contributed by atoms with E-state index < -0.39 is 0 Å². The van der Waals surface area contributed by atoms with Crippen molar-refractivity contribution in [2.75, 3.05) is 18.0 Å². The predicted molar refractivity (Wildman–Crippen MR) is 77.3 cm³/mol. The van der Waals surface area contributed by atoms with Gasteiger partial charge in [-0.05, 0) is 43.1 Å². The highest BCUT2D eigenvalue weighted by molar-refractivity contribution is 5.37. The van der Waals surface area contributed by atoms with Crippen LogP contribution in [0, 0.1) is 5.41 Å². The quantitative estimate of drug-likeness (QED) is 0.882. The summed E-state index contributed by atoms with van der Waals surface area (Å²) in [6.07, 6.45) is 7.82. The Labute approximate surface area is 115 Å². The molecule has 1 unspecified atom stereocenters. The molecule has 0 radical (unpaired) electrons. The Balaban J connectivity index is 1.86. The molecule has 19 heavy (non-hydrogen) atoms. The fraction of sp³-hybridized carbons (Fsp3) is 0.733. The molecule has 0 aromatic carbocycles. The van der Waals surface area contributed by atoms with E-state index in [1.807, 2.05) is 6.20 Å². The molecule has 1 atom stereocenters. The van der Waals surface area contributed by atoms with Gasteiger partial charge in [-0.25, -0.2) is 9.97 Å².